The quantitative estimate of drug-likeness (QED) is 0.877. The molecule has 1 unspecified atom stereocenters. The van der Waals surface area contributed by atoms with Crippen LogP contribution < -0.4 is 10.1 Å². The molecule has 0 saturated carbocycles. The van der Waals surface area contributed by atoms with E-state index in [-0.39, 0.29) is 6.04 Å². The molecule has 1 N–H and O–H groups in total. The van der Waals surface area contributed by atoms with Gasteiger partial charge in [0.2, 0.25) is 5.88 Å². The van der Waals surface area contributed by atoms with Crippen LogP contribution in [0, 0.1) is 0 Å². The van der Waals surface area contributed by atoms with Crippen molar-refractivity contribution in [2.45, 2.75) is 25.8 Å². The Morgan fingerprint density at radius 3 is 2.80 bits per heavy atom. The highest BCUT2D eigenvalue weighted by Gasteiger charge is 2.14. The first-order valence-electron chi connectivity index (χ1n) is 6.90. The molecule has 0 saturated heterocycles. The molecule has 1 aromatic heterocycles. The lowest BCUT2D eigenvalue weighted by Crippen LogP contribution is -2.19. The van der Waals surface area contributed by atoms with Gasteiger partial charge in [-0.3, -0.25) is 0 Å². The fourth-order valence-corrected chi connectivity index (χ4v) is 2.33. The molecule has 20 heavy (non-hydrogen) atoms. The zero-order chi connectivity index (χ0) is 14.4. The number of aryl methyl sites for hydroxylation is 1. The van der Waals surface area contributed by atoms with E-state index in [1.807, 2.05) is 13.1 Å². The number of ether oxygens (including phenoxy) is 1. The topological polar surface area (TPSA) is 47.0 Å². The average Bonchev–Trinajstić information content (AvgIpc) is 2.49. The minimum absolute atomic E-state index is 0.0451. The lowest BCUT2D eigenvalue weighted by molar-refractivity contribution is 0.395. The molecule has 2 rings (SSSR count). The summed E-state index contributed by atoms with van der Waals surface area (Å²) >= 11 is 0. The second kappa shape index (κ2) is 7.01. The number of aromatic nitrogens is 2. The molecular formula is C16H21N3O. The fraction of sp³-hybridized carbons (Fsp3) is 0.375. The Bertz CT molecular complexity index is 557. The zero-order valence-electron chi connectivity index (χ0n) is 12.3. The van der Waals surface area contributed by atoms with Gasteiger partial charge >= 0.3 is 0 Å². The summed E-state index contributed by atoms with van der Waals surface area (Å²) < 4.78 is 5.17. The monoisotopic (exact) mass is 271 g/mol. The molecule has 0 aliphatic carbocycles. The van der Waals surface area contributed by atoms with Gasteiger partial charge in [-0.15, -0.1) is 0 Å². The number of hydrogen-bond donors (Lipinski definition) is 1. The van der Waals surface area contributed by atoms with Crippen molar-refractivity contribution >= 4 is 0 Å². The van der Waals surface area contributed by atoms with Crippen LogP contribution in [0.3, 0.4) is 0 Å². The van der Waals surface area contributed by atoms with E-state index in [1.54, 1.807) is 7.11 Å². The van der Waals surface area contributed by atoms with Crippen LogP contribution in [0.5, 0.6) is 5.88 Å². The van der Waals surface area contributed by atoms with Crippen LogP contribution >= 0.6 is 0 Å². The van der Waals surface area contributed by atoms with Gasteiger partial charge in [-0.05, 0) is 24.6 Å². The molecule has 4 heteroatoms. The lowest BCUT2D eigenvalue weighted by Gasteiger charge is -2.17. The van der Waals surface area contributed by atoms with Crippen molar-refractivity contribution in [3.05, 3.63) is 53.5 Å². The van der Waals surface area contributed by atoms with Gasteiger partial charge in [0.15, 0.2) is 0 Å². The Kier molecular flexibility index (Phi) is 5.07. The third-order valence-corrected chi connectivity index (χ3v) is 3.28. The molecular weight excluding hydrogens is 250 g/mol. The van der Waals surface area contributed by atoms with Gasteiger partial charge in [0.1, 0.15) is 6.33 Å². The first kappa shape index (κ1) is 14.5. The van der Waals surface area contributed by atoms with Crippen LogP contribution in [0.15, 0.2) is 36.7 Å². The molecule has 1 aromatic carbocycles. The summed E-state index contributed by atoms with van der Waals surface area (Å²) in [6.07, 6.45) is 3.78. The number of nitrogens with zero attached hydrogens (tertiary/aromatic N) is 2. The predicted molar refractivity (Wildman–Crippen MR) is 79.9 cm³/mol. The van der Waals surface area contributed by atoms with Crippen molar-refractivity contribution < 1.29 is 4.74 Å². The molecule has 0 spiro atoms. The summed E-state index contributed by atoms with van der Waals surface area (Å²) in [7, 11) is 3.55. The molecule has 0 aliphatic rings. The number of hydrogen-bond acceptors (Lipinski definition) is 4. The predicted octanol–water partition coefficient (Wildman–Crippen LogP) is 2.75. The van der Waals surface area contributed by atoms with E-state index in [1.165, 1.54) is 17.5 Å². The highest BCUT2D eigenvalue weighted by Crippen LogP contribution is 2.23. The molecule has 0 amide bonds. The molecule has 2 aromatic rings. The second-order valence-corrected chi connectivity index (χ2v) is 4.70. The van der Waals surface area contributed by atoms with E-state index < -0.39 is 0 Å². The molecule has 106 valence electrons. The summed E-state index contributed by atoms with van der Waals surface area (Å²) in [5.74, 6) is 0.583. The molecule has 0 aliphatic heterocycles. The second-order valence-electron chi connectivity index (χ2n) is 4.70. The number of rotatable bonds is 6. The van der Waals surface area contributed by atoms with Crippen LogP contribution in [0.25, 0.3) is 0 Å². The lowest BCUT2D eigenvalue weighted by atomic mass is 9.99. The van der Waals surface area contributed by atoms with Crippen molar-refractivity contribution in [3.63, 3.8) is 0 Å². The zero-order valence-corrected chi connectivity index (χ0v) is 12.3. The Balaban J connectivity index is 2.33. The van der Waals surface area contributed by atoms with Gasteiger partial charge < -0.3 is 10.1 Å². The van der Waals surface area contributed by atoms with Gasteiger partial charge in [0.25, 0.3) is 0 Å². The summed E-state index contributed by atoms with van der Waals surface area (Å²) in [6, 6.07) is 10.5. The van der Waals surface area contributed by atoms with Crippen LogP contribution in [0.4, 0.5) is 0 Å². The Morgan fingerprint density at radius 1 is 1.25 bits per heavy atom. The minimum Gasteiger partial charge on any atom is -0.481 e. The number of nitrogens with one attached hydrogen (secondary N) is 1. The SMILES string of the molecule is CCCc1cccc(C(NC)c2cc(OC)ncn2)c1. The van der Waals surface area contributed by atoms with Gasteiger partial charge in [0.05, 0.1) is 18.8 Å². The standard InChI is InChI=1S/C16H21N3O/c1-4-6-12-7-5-8-13(9-12)16(17-2)14-10-15(20-3)19-11-18-14/h5,7-11,16-17H,4,6H2,1-3H3. The maximum atomic E-state index is 5.17. The van der Waals surface area contributed by atoms with Crippen molar-refractivity contribution in [3.8, 4) is 5.88 Å². The van der Waals surface area contributed by atoms with Gasteiger partial charge in [-0.1, -0.05) is 37.6 Å². The maximum Gasteiger partial charge on any atom is 0.216 e. The van der Waals surface area contributed by atoms with E-state index in [4.69, 9.17) is 4.74 Å². The first-order chi connectivity index (χ1) is 9.78. The van der Waals surface area contributed by atoms with E-state index in [2.05, 4.69) is 46.5 Å². The van der Waals surface area contributed by atoms with Crippen molar-refractivity contribution in [1.29, 1.82) is 0 Å². The van der Waals surface area contributed by atoms with Crippen molar-refractivity contribution in [2.24, 2.45) is 0 Å². The smallest absolute Gasteiger partial charge is 0.216 e. The van der Waals surface area contributed by atoms with Gasteiger partial charge in [-0.2, -0.15) is 0 Å². The highest BCUT2D eigenvalue weighted by atomic mass is 16.5. The maximum absolute atomic E-state index is 5.17. The Labute approximate surface area is 120 Å². The van der Waals surface area contributed by atoms with E-state index in [9.17, 15) is 0 Å². The highest BCUT2D eigenvalue weighted by molar-refractivity contribution is 5.32. The third-order valence-electron chi connectivity index (χ3n) is 3.28. The van der Waals surface area contributed by atoms with Crippen LogP contribution in [0.2, 0.25) is 0 Å². The summed E-state index contributed by atoms with van der Waals surface area (Å²) in [5.41, 5.74) is 3.47. The summed E-state index contributed by atoms with van der Waals surface area (Å²) in [5, 5.41) is 3.31. The normalized spacial score (nSPS) is 12.2. The summed E-state index contributed by atoms with van der Waals surface area (Å²) in [4.78, 5) is 8.41. The first-order valence-corrected chi connectivity index (χ1v) is 6.90. The molecule has 4 nitrogen and oxygen atoms in total. The van der Waals surface area contributed by atoms with Crippen LogP contribution in [-0.4, -0.2) is 24.1 Å². The van der Waals surface area contributed by atoms with Crippen molar-refractivity contribution in [2.75, 3.05) is 14.2 Å². The molecule has 0 bridgehead atoms. The largest absolute Gasteiger partial charge is 0.481 e. The van der Waals surface area contributed by atoms with E-state index >= 15 is 0 Å². The molecule has 0 fully saturated rings. The fourth-order valence-electron chi connectivity index (χ4n) is 2.33. The van der Waals surface area contributed by atoms with Crippen molar-refractivity contribution in [1.82, 2.24) is 15.3 Å². The third kappa shape index (κ3) is 3.33. The summed E-state index contributed by atoms with van der Waals surface area (Å²) in [6.45, 7) is 2.19. The Morgan fingerprint density at radius 2 is 2.10 bits per heavy atom. The van der Waals surface area contributed by atoms with Gasteiger partial charge in [0, 0.05) is 6.07 Å². The van der Waals surface area contributed by atoms with E-state index in [0.29, 0.717) is 5.88 Å². The van der Waals surface area contributed by atoms with E-state index in [0.717, 1.165) is 18.5 Å². The van der Waals surface area contributed by atoms with Crippen LogP contribution in [-0.2, 0) is 6.42 Å². The average molecular weight is 271 g/mol. The Hall–Kier alpha value is -1.94. The van der Waals surface area contributed by atoms with Gasteiger partial charge in [-0.25, -0.2) is 9.97 Å². The number of benzene rings is 1. The van der Waals surface area contributed by atoms with Crippen LogP contribution in [0.1, 0.15) is 36.2 Å². The molecule has 1 heterocycles. The minimum atomic E-state index is 0.0451. The number of methoxy groups -OCH3 is 1. The molecule has 1 atom stereocenters. The molecule has 0 radical (unpaired) electrons.